The monoisotopic (exact) mass is 357 g/mol. The number of carbonyl (C=O) groups excluding carboxylic acids is 2. The Balaban J connectivity index is 2.53. The lowest BCUT2D eigenvalue weighted by molar-refractivity contribution is -0.143. The topological polar surface area (TPSA) is 118 Å². The number of carboxylic acids is 1. The molecule has 1 fully saturated rings. The summed E-state index contributed by atoms with van der Waals surface area (Å²) in [6, 6.07) is 0. The van der Waals surface area contributed by atoms with Crippen LogP contribution in [-0.2, 0) is 29.0 Å². The predicted molar refractivity (Wildman–Crippen MR) is 83.3 cm³/mol. The molecule has 0 aromatic rings. The van der Waals surface area contributed by atoms with Crippen LogP contribution in [0.15, 0.2) is 22.9 Å². The molecule has 2 aliphatic heterocycles. The second-order valence-corrected chi connectivity index (χ2v) is 8.90. The number of carboxylic acid groups (broad SMARTS) is 1. The van der Waals surface area contributed by atoms with Gasteiger partial charge in [-0.3, -0.25) is 14.5 Å². The van der Waals surface area contributed by atoms with Gasteiger partial charge in [0.1, 0.15) is 12.3 Å². The normalized spacial score (nSPS) is 24.5. The number of fused-ring (bicyclic) bond motifs is 1. The van der Waals surface area contributed by atoms with Crippen molar-refractivity contribution in [2.45, 2.75) is 33.1 Å². The predicted octanol–water partition coefficient (Wildman–Crippen LogP) is 0.457. The summed E-state index contributed by atoms with van der Waals surface area (Å²) in [6.45, 7) is 6.08. The Hall–Kier alpha value is -2.16. The number of amides is 1. The van der Waals surface area contributed by atoms with Crippen molar-refractivity contribution in [1.29, 1.82) is 0 Å². The lowest BCUT2D eigenvalue weighted by Crippen LogP contribution is -2.62. The van der Waals surface area contributed by atoms with Gasteiger partial charge in [0.2, 0.25) is 0 Å². The van der Waals surface area contributed by atoms with Crippen LogP contribution in [0.5, 0.6) is 0 Å². The van der Waals surface area contributed by atoms with Gasteiger partial charge >= 0.3 is 11.9 Å². The first-order chi connectivity index (χ1) is 10.8. The van der Waals surface area contributed by atoms with Crippen LogP contribution in [0.2, 0.25) is 0 Å². The molecule has 0 radical (unpaired) electrons. The zero-order valence-electron chi connectivity index (χ0n) is 13.8. The number of hydrogen-bond acceptors (Lipinski definition) is 6. The third kappa shape index (κ3) is 3.21. The van der Waals surface area contributed by atoms with E-state index in [1.54, 1.807) is 6.08 Å². The molecule has 1 saturated heterocycles. The average Bonchev–Trinajstić information content (AvgIpc) is 2.39. The van der Waals surface area contributed by atoms with Gasteiger partial charge in [-0.2, -0.15) is 0 Å². The largest absolute Gasteiger partial charge is 0.477 e. The summed E-state index contributed by atoms with van der Waals surface area (Å²) in [7, 11) is -3.82. The summed E-state index contributed by atoms with van der Waals surface area (Å²) in [6.07, 6.45) is 1.55. The van der Waals surface area contributed by atoms with Crippen LogP contribution < -0.4 is 0 Å². The van der Waals surface area contributed by atoms with E-state index in [1.807, 2.05) is 20.8 Å². The van der Waals surface area contributed by atoms with E-state index in [1.165, 1.54) is 0 Å². The fraction of sp³-hybridized carbons (Fsp3) is 0.533. The number of aliphatic carboxylic acids is 1. The second-order valence-electron chi connectivity index (χ2n) is 6.84. The molecule has 0 aliphatic carbocycles. The van der Waals surface area contributed by atoms with Crippen molar-refractivity contribution >= 4 is 27.7 Å². The first-order valence-electron chi connectivity index (χ1n) is 7.22. The van der Waals surface area contributed by atoms with Gasteiger partial charge in [0, 0.05) is 12.5 Å². The van der Waals surface area contributed by atoms with E-state index in [9.17, 15) is 27.9 Å². The van der Waals surface area contributed by atoms with E-state index in [2.05, 4.69) is 0 Å². The highest BCUT2D eigenvalue weighted by molar-refractivity contribution is 7.92. The maximum Gasteiger partial charge on any atom is 0.352 e. The molecule has 24 heavy (non-hydrogen) atoms. The first kappa shape index (κ1) is 18.2. The SMILES string of the molecule is CC(=O)OCC1=C(C(=O)O)N2C(=O)/C(=C/C(C)(C)C)[C@H]2S(=O)(=O)C1. The molecule has 0 aromatic carbocycles. The van der Waals surface area contributed by atoms with E-state index in [0.29, 0.717) is 0 Å². The summed E-state index contributed by atoms with van der Waals surface area (Å²) >= 11 is 0. The number of rotatable bonds is 3. The van der Waals surface area contributed by atoms with Gasteiger partial charge in [-0.25, -0.2) is 13.2 Å². The summed E-state index contributed by atoms with van der Waals surface area (Å²) < 4.78 is 29.7. The smallest absolute Gasteiger partial charge is 0.352 e. The van der Waals surface area contributed by atoms with Crippen molar-refractivity contribution in [2.75, 3.05) is 12.4 Å². The lowest BCUT2D eigenvalue weighted by Gasteiger charge is -2.46. The zero-order chi connectivity index (χ0) is 18.4. The molecule has 132 valence electrons. The van der Waals surface area contributed by atoms with Crippen LogP contribution in [0.25, 0.3) is 0 Å². The number of β-lactam (4-membered cyclic amide) rings is 1. The molecule has 2 aliphatic rings. The molecule has 0 unspecified atom stereocenters. The van der Waals surface area contributed by atoms with Crippen molar-refractivity contribution in [2.24, 2.45) is 5.41 Å². The third-order valence-electron chi connectivity index (χ3n) is 3.50. The Labute approximate surface area is 139 Å². The molecule has 8 nitrogen and oxygen atoms in total. The molecule has 0 saturated carbocycles. The molecule has 1 N–H and O–H groups in total. The Morgan fingerprint density at radius 3 is 2.42 bits per heavy atom. The Morgan fingerprint density at radius 2 is 1.96 bits per heavy atom. The summed E-state index contributed by atoms with van der Waals surface area (Å²) in [5.74, 6) is -3.33. The first-order valence-corrected chi connectivity index (χ1v) is 8.93. The minimum atomic E-state index is -3.82. The number of hydrogen-bond donors (Lipinski definition) is 1. The van der Waals surface area contributed by atoms with Gasteiger partial charge in [0.15, 0.2) is 15.2 Å². The highest BCUT2D eigenvalue weighted by atomic mass is 32.2. The molecule has 9 heteroatoms. The Kier molecular flexibility index (Phi) is 4.34. The number of nitrogens with zero attached hydrogens (tertiary/aromatic N) is 1. The van der Waals surface area contributed by atoms with Gasteiger partial charge < -0.3 is 9.84 Å². The lowest BCUT2D eigenvalue weighted by atomic mass is 9.89. The molecular weight excluding hydrogens is 338 g/mol. The van der Waals surface area contributed by atoms with Crippen LogP contribution in [0.1, 0.15) is 27.7 Å². The van der Waals surface area contributed by atoms with Crippen molar-refractivity contribution in [3.05, 3.63) is 22.9 Å². The van der Waals surface area contributed by atoms with Crippen LogP contribution in [0.3, 0.4) is 0 Å². The quantitative estimate of drug-likeness (QED) is 0.443. The van der Waals surface area contributed by atoms with E-state index in [-0.39, 0.29) is 11.1 Å². The van der Waals surface area contributed by atoms with E-state index < -0.39 is 56.5 Å². The zero-order valence-corrected chi connectivity index (χ0v) is 14.6. The number of sulfone groups is 1. The van der Waals surface area contributed by atoms with Crippen molar-refractivity contribution < 1.29 is 32.6 Å². The van der Waals surface area contributed by atoms with E-state index in [0.717, 1.165) is 11.8 Å². The maximum atomic E-state index is 12.5. The second kappa shape index (κ2) is 5.73. The Morgan fingerprint density at radius 1 is 1.38 bits per heavy atom. The van der Waals surface area contributed by atoms with Gasteiger partial charge in [-0.05, 0) is 5.41 Å². The minimum Gasteiger partial charge on any atom is -0.477 e. The fourth-order valence-electron chi connectivity index (χ4n) is 2.71. The summed E-state index contributed by atoms with van der Waals surface area (Å²) in [5, 5.41) is 8.10. The Bertz CT molecular complexity index is 783. The molecule has 2 rings (SSSR count). The summed E-state index contributed by atoms with van der Waals surface area (Å²) in [4.78, 5) is 35.6. The van der Waals surface area contributed by atoms with Crippen LogP contribution in [0.4, 0.5) is 0 Å². The van der Waals surface area contributed by atoms with Crippen molar-refractivity contribution in [1.82, 2.24) is 4.90 Å². The number of esters is 1. The van der Waals surface area contributed by atoms with Crippen molar-refractivity contribution in [3.63, 3.8) is 0 Å². The maximum absolute atomic E-state index is 12.5. The molecule has 0 aromatic heterocycles. The van der Waals surface area contributed by atoms with Gasteiger partial charge in [-0.15, -0.1) is 0 Å². The number of ether oxygens (including phenoxy) is 1. The standard InChI is InChI=1S/C15H19NO7S/c1-8(17)23-6-9-7-24(21,22)13-10(5-15(2,3)4)12(18)16(13)11(9)14(19)20/h5,13H,6-7H2,1-4H3,(H,19,20)/b10-5-/t13-/m1/s1. The van der Waals surface area contributed by atoms with Gasteiger partial charge in [0.25, 0.3) is 5.91 Å². The van der Waals surface area contributed by atoms with E-state index >= 15 is 0 Å². The molecular formula is C15H19NO7S. The fourth-order valence-corrected chi connectivity index (χ4v) is 4.65. The highest BCUT2D eigenvalue weighted by Crippen LogP contribution is 2.41. The van der Waals surface area contributed by atoms with Gasteiger partial charge in [-0.1, -0.05) is 26.8 Å². The van der Waals surface area contributed by atoms with Gasteiger partial charge in [0.05, 0.1) is 11.3 Å². The number of carbonyl (C=O) groups is 3. The van der Waals surface area contributed by atoms with E-state index in [4.69, 9.17) is 4.74 Å². The minimum absolute atomic E-state index is 0.0767. The third-order valence-corrected chi connectivity index (χ3v) is 5.39. The van der Waals surface area contributed by atoms with Crippen LogP contribution in [0, 0.1) is 5.41 Å². The average molecular weight is 357 g/mol. The molecule has 1 amide bonds. The molecule has 2 heterocycles. The molecule has 0 bridgehead atoms. The molecule has 0 spiro atoms. The molecule has 1 atom stereocenters. The highest BCUT2D eigenvalue weighted by Gasteiger charge is 2.56. The summed E-state index contributed by atoms with van der Waals surface area (Å²) in [5.41, 5.74) is -0.894. The number of allylic oxidation sites excluding steroid dienone is 1. The van der Waals surface area contributed by atoms with Crippen LogP contribution in [-0.4, -0.2) is 54.0 Å². The van der Waals surface area contributed by atoms with Crippen LogP contribution >= 0.6 is 0 Å². The van der Waals surface area contributed by atoms with Crippen molar-refractivity contribution in [3.8, 4) is 0 Å².